The van der Waals surface area contributed by atoms with Crippen LogP contribution in [0, 0.1) is 0 Å². The van der Waals surface area contributed by atoms with E-state index in [1.165, 1.54) is 39.8 Å². The second kappa shape index (κ2) is 15.1. The maximum atomic E-state index is 13.9. The number of carbonyl (C=O) groups excluding carboxylic acids is 2. The first-order chi connectivity index (χ1) is 25.9. The summed E-state index contributed by atoms with van der Waals surface area (Å²) < 4.78 is 5.24. The highest BCUT2D eigenvalue weighted by Crippen LogP contribution is 2.43. The van der Waals surface area contributed by atoms with Crippen molar-refractivity contribution in [2.45, 2.75) is 40.2 Å². The molecule has 0 bridgehead atoms. The summed E-state index contributed by atoms with van der Waals surface area (Å²) in [6.07, 6.45) is 1.50. The molecule has 2 aliphatic heterocycles. The molecular weight excluding hydrogens is 753 g/mol. The lowest BCUT2D eigenvalue weighted by Crippen LogP contribution is -2.71. The molecule has 2 amide bonds. The molecule has 0 unspecified atom stereocenters. The molecule has 1 aliphatic carbocycles. The number of carbonyl (C=O) groups is 3. The Bertz CT molecular complexity index is 2080. The van der Waals surface area contributed by atoms with Crippen LogP contribution in [0.25, 0.3) is 0 Å². The fourth-order valence-electron chi connectivity index (χ4n) is 6.17. The largest absolute Gasteiger partial charge is 0.477 e. The Morgan fingerprint density at radius 3 is 2.19 bits per heavy atom. The Hall–Kier alpha value is -5.10. The van der Waals surface area contributed by atoms with Gasteiger partial charge in [-0.1, -0.05) is 119 Å². The molecule has 3 N–H and O–H groups in total. The topological polar surface area (TPSA) is 172 Å². The number of fused-ring (bicyclic) bond motifs is 1. The van der Waals surface area contributed by atoms with Gasteiger partial charge >= 0.3 is 5.97 Å². The minimum atomic E-state index is -1.20. The number of benzene rings is 3. The van der Waals surface area contributed by atoms with Gasteiger partial charge in [0.25, 0.3) is 11.8 Å². The number of hydrogen-bond donors (Lipinski definition) is 3. The summed E-state index contributed by atoms with van der Waals surface area (Å²) in [5.41, 5.74) is 3.97. The molecule has 4 heterocycles. The van der Waals surface area contributed by atoms with E-state index in [2.05, 4.69) is 30.4 Å². The fraction of sp³-hybridized carbons (Fsp3) is 0.222. The number of carboxylic acids is 1. The highest BCUT2D eigenvalue weighted by Gasteiger charge is 2.54. The van der Waals surface area contributed by atoms with Gasteiger partial charge in [-0.3, -0.25) is 14.5 Å². The van der Waals surface area contributed by atoms with Gasteiger partial charge in [-0.2, -0.15) is 9.36 Å². The standard InChI is InChI=1S/C36H30N8O5S4/c45-30(38-27-31(46)44-28(33(47)48)21(18-50-32(27)44)19-51-35-41-37-20-52-35)26(42-49-25-16-17-25)29-39-34(53-43-29)40-36(22-10-4-1-5-11-22,23-12-6-2-7-13-23)24-14-8-3-9-15-24/h1-15,20,25,27,32H,16-19H2,(H,38,45)(H,47,48)(H,39,40,43)/b42-26-/t27-,32-/m1/s1. The van der Waals surface area contributed by atoms with E-state index in [1.807, 2.05) is 91.0 Å². The van der Waals surface area contributed by atoms with Crippen LogP contribution in [-0.4, -0.2) is 82.1 Å². The van der Waals surface area contributed by atoms with Crippen LogP contribution in [0.4, 0.5) is 5.13 Å². The van der Waals surface area contributed by atoms with Crippen molar-refractivity contribution in [3.63, 3.8) is 0 Å². The Morgan fingerprint density at radius 2 is 1.62 bits per heavy atom. The fourth-order valence-corrected chi connectivity index (χ4v) is 9.77. The second-order valence-corrected chi connectivity index (χ2v) is 16.2. The molecule has 8 rings (SSSR count). The highest BCUT2D eigenvalue weighted by atomic mass is 32.2. The molecule has 2 aromatic heterocycles. The number of aliphatic carboxylic acids is 1. The van der Waals surface area contributed by atoms with Crippen molar-refractivity contribution in [3.05, 3.63) is 130 Å². The lowest BCUT2D eigenvalue weighted by Gasteiger charge is -2.49. The zero-order valence-electron chi connectivity index (χ0n) is 27.7. The van der Waals surface area contributed by atoms with Gasteiger partial charge in [-0.15, -0.1) is 22.0 Å². The van der Waals surface area contributed by atoms with Crippen molar-refractivity contribution < 1.29 is 24.3 Å². The number of carboxylic acid groups (broad SMARTS) is 1. The van der Waals surface area contributed by atoms with Crippen LogP contribution in [0.5, 0.6) is 0 Å². The number of hydrogen-bond acceptors (Lipinski definition) is 14. The van der Waals surface area contributed by atoms with Crippen molar-refractivity contribution in [1.29, 1.82) is 0 Å². The van der Waals surface area contributed by atoms with Crippen LogP contribution in [0.3, 0.4) is 0 Å². The molecule has 13 nitrogen and oxygen atoms in total. The van der Waals surface area contributed by atoms with Crippen LogP contribution in [0.2, 0.25) is 0 Å². The zero-order valence-corrected chi connectivity index (χ0v) is 31.0. The zero-order chi connectivity index (χ0) is 36.4. The molecule has 17 heteroatoms. The minimum absolute atomic E-state index is 0.0285. The van der Waals surface area contributed by atoms with Gasteiger partial charge in [0, 0.05) is 23.0 Å². The Kier molecular flexibility index (Phi) is 9.96. The van der Waals surface area contributed by atoms with Gasteiger partial charge in [-0.25, -0.2) is 4.79 Å². The molecule has 2 fully saturated rings. The SMILES string of the molecule is O=C(O)C1=C(CSc2nncs2)CS[C@@H]2[C@H](NC(=O)/C(=N\OC3CC3)c3nsc(NC(c4ccccc4)(c4ccccc4)c4ccccc4)n3)C(=O)N12. The average molecular weight is 783 g/mol. The number of nitrogens with one attached hydrogen (secondary N) is 2. The first-order valence-corrected chi connectivity index (χ1v) is 20.2. The predicted molar refractivity (Wildman–Crippen MR) is 204 cm³/mol. The van der Waals surface area contributed by atoms with Crippen LogP contribution < -0.4 is 10.6 Å². The molecule has 3 aromatic carbocycles. The van der Waals surface area contributed by atoms with E-state index in [1.54, 1.807) is 5.51 Å². The van der Waals surface area contributed by atoms with Crippen molar-refractivity contribution in [2.24, 2.45) is 5.16 Å². The molecule has 5 aromatic rings. The minimum Gasteiger partial charge on any atom is -0.477 e. The molecule has 1 saturated heterocycles. The second-order valence-electron chi connectivity index (χ2n) is 12.3. The number of oxime groups is 1. The molecule has 1 saturated carbocycles. The molecular formula is C36H30N8O5S4. The lowest BCUT2D eigenvalue weighted by atomic mass is 9.77. The van der Waals surface area contributed by atoms with Crippen molar-refractivity contribution in [1.82, 2.24) is 29.8 Å². The summed E-state index contributed by atoms with van der Waals surface area (Å²) in [5, 5.41) is 28.4. The summed E-state index contributed by atoms with van der Waals surface area (Å²) in [4.78, 5) is 51.4. The van der Waals surface area contributed by atoms with E-state index in [9.17, 15) is 19.5 Å². The third-order valence-electron chi connectivity index (χ3n) is 8.83. The number of thioether (sulfide) groups is 2. The summed E-state index contributed by atoms with van der Waals surface area (Å²) >= 11 is 5.18. The maximum Gasteiger partial charge on any atom is 0.352 e. The number of anilines is 1. The quantitative estimate of drug-likeness (QED) is 0.0443. The van der Waals surface area contributed by atoms with Gasteiger partial charge < -0.3 is 20.6 Å². The number of rotatable bonds is 14. The average Bonchev–Trinajstić information content (AvgIpc) is 3.65. The van der Waals surface area contributed by atoms with E-state index < -0.39 is 34.7 Å². The first-order valence-electron chi connectivity index (χ1n) is 16.5. The van der Waals surface area contributed by atoms with Gasteiger partial charge in [0.1, 0.15) is 34.3 Å². The van der Waals surface area contributed by atoms with Crippen LogP contribution in [0.15, 0.2) is 117 Å². The third-order valence-corrected chi connectivity index (χ3v) is 12.7. The molecule has 2 atom stereocenters. The first kappa shape index (κ1) is 35.0. The summed E-state index contributed by atoms with van der Waals surface area (Å²) in [5.74, 6) is -1.69. The predicted octanol–water partition coefficient (Wildman–Crippen LogP) is 5.21. The monoisotopic (exact) mass is 782 g/mol. The summed E-state index contributed by atoms with van der Waals surface area (Å²) in [7, 11) is 0. The number of aromatic nitrogens is 4. The summed E-state index contributed by atoms with van der Waals surface area (Å²) in [6, 6.07) is 29.1. The number of nitrogens with zero attached hydrogens (tertiary/aromatic N) is 6. The van der Waals surface area contributed by atoms with E-state index >= 15 is 0 Å². The van der Waals surface area contributed by atoms with Crippen molar-refractivity contribution in [3.8, 4) is 0 Å². The van der Waals surface area contributed by atoms with Crippen LogP contribution in [-0.2, 0) is 24.8 Å². The Labute approximate surface area is 320 Å². The molecule has 0 spiro atoms. The van der Waals surface area contributed by atoms with Crippen LogP contribution >= 0.6 is 46.4 Å². The smallest absolute Gasteiger partial charge is 0.352 e. The van der Waals surface area contributed by atoms with Gasteiger partial charge in [0.05, 0.1) is 0 Å². The van der Waals surface area contributed by atoms with Crippen molar-refractivity contribution in [2.75, 3.05) is 16.8 Å². The van der Waals surface area contributed by atoms with E-state index in [4.69, 9.17) is 9.82 Å². The molecule has 53 heavy (non-hydrogen) atoms. The van der Waals surface area contributed by atoms with Gasteiger partial charge in [0.15, 0.2) is 4.34 Å². The number of β-lactam (4-membered cyclic amide) rings is 1. The van der Waals surface area contributed by atoms with E-state index in [0.717, 1.165) is 41.1 Å². The summed E-state index contributed by atoms with van der Waals surface area (Å²) in [6.45, 7) is 0. The Balaban J connectivity index is 1.06. The van der Waals surface area contributed by atoms with Crippen LogP contribution in [0.1, 0.15) is 35.4 Å². The normalized spacial score (nSPS) is 18.6. The van der Waals surface area contributed by atoms with Gasteiger partial charge in [0.2, 0.25) is 16.7 Å². The lowest BCUT2D eigenvalue weighted by molar-refractivity contribution is -0.150. The van der Waals surface area contributed by atoms with Gasteiger partial charge in [-0.05, 0) is 35.1 Å². The Morgan fingerprint density at radius 1 is 0.981 bits per heavy atom. The molecule has 3 aliphatic rings. The molecule has 0 radical (unpaired) electrons. The molecule has 268 valence electrons. The third kappa shape index (κ3) is 7.04. The van der Waals surface area contributed by atoms with E-state index in [0.29, 0.717) is 26.6 Å². The number of amides is 2. The van der Waals surface area contributed by atoms with E-state index in [-0.39, 0.29) is 23.3 Å². The van der Waals surface area contributed by atoms with Crippen molar-refractivity contribution >= 4 is 75.0 Å². The maximum absolute atomic E-state index is 13.9. The highest BCUT2D eigenvalue weighted by molar-refractivity contribution is 8.01.